The summed E-state index contributed by atoms with van der Waals surface area (Å²) >= 11 is 0. The maximum Gasteiger partial charge on any atom is 0.229 e. The highest BCUT2D eigenvalue weighted by atomic mass is 32.2. The van der Waals surface area contributed by atoms with Gasteiger partial charge in [0.25, 0.3) is 0 Å². The predicted molar refractivity (Wildman–Crippen MR) is 123 cm³/mol. The molecule has 8 heteroatoms. The van der Waals surface area contributed by atoms with Crippen LogP contribution in [-0.2, 0) is 22.8 Å². The number of nitrogens with zero attached hydrogens (tertiary/aromatic N) is 4. The van der Waals surface area contributed by atoms with Gasteiger partial charge in [0.1, 0.15) is 5.82 Å². The zero-order valence-corrected chi connectivity index (χ0v) is 18.2. The molecule has 0 saturated heterocycles. The Bertz CT molecular complexity index is 1510. The first-order chi connectivity index (χ1) is 15.6. The lowest BCUT2D eigenvalue weighted by Gasteiger charge is -2.10. The van der Waals surface area contributed by atoms with Crippen LogP contribution in [0.15, 0.2) is 88.8 Å². The average Bonchev–Trinajstić information content (AvgIpc) is 3.28. The first-order valence-electron chi connectivity index (χ1n) is 10.3. The predicted octanol–water partition coefficient (Wildman–Crippen LogP) is 4.28. The van der Waals surface area contributed by atoms with Crippen LogP contribution in [0.1, 0.15) is 18.1 Å². The van der Waals surface area contributed by atoms with Gasteiger partial charge >= 0.3 is 0 Å². The van der Waals surface area contributed by atoms with Crippen molar-refractivity contribution in [2.75, 3.05) is 5.32 Å². The van der Waals surface area contributed by atoms with Gasteiger partial charge in [-0.3, -0.25) is 0 Å². The Balaban J connectivity index is 1.64. The van der Waals surface area contributed by atoms with Gasteiger partial charge in [-0.15, -0.1) is 5.10 Å². The van der Waals surface area contributed by atoms with Gasteiger partial charge in [0.05, 0.1) is 10.4 Å². The maximum atomic E-state index is 13.4. The summed E-state index contributed by atoms with van der Waals surface area (Å²) in [4.78, 5) is 4.82. The van der Waals surface area contributed by atoms with Gasteiger partial charge in [0.2, 0.25) is 14.9 Å². The molecule has 0 radical (unpaired) electrons. The highest BCUT2D eigenvalue weighted by Gasteiger charge is 2.27. The third-order valence-corrected chi connectivity index (χ3v) is 7.09. The number of benzene rings is 3. The lowest BCUT2D eigenvalue weighted by molar-refractivity contribution is 0.592. The molecular weight excluding hydrogens is 422 g/mol. The van der Waals surface area contributed by atoms with Crippen LogP contribution < -0.4 is 5.32 Å². The Labute approximate surface area is 185 Å². The standard InChI is InChI=1S/C24H21N5O2S/c1-2-17-12-14-19(15-13-17)32(30,31)24-23-26-22(25-16-18-8-4-3-5-9-18)20-10-6-7-11-21(20)29(23)28-27-24/h3-15H,2,16H2,1H3,(H,25,26). The molecule has 0 spiro atoms. The van der Waals surface area contributed by atoms with Crippen molar-refractivity contribution in [1.82, 2.24) is 19.8 Å². The van der Waals surface area contributed by atoms with Crippen molar-refractivity contribution in [1.29, 1.82) is 0 Å². The number of aromatic nitrogens is 4. The highest BCUT2D eigenvalue weighted by molar-refractivity contribution is 7.91. The van der Waals surface area contributed by atoms with Gasteiger partial charge in [-0.1, -0.05) is 66.7 Å². The molecule has 5 aromatic rings. The van der Waals surface area contributed by atoms with Gasteiger partial charge in [0.15, 0.2) is 5.65 Å². The van der Waals surface area contributed by atoms with Crippen LogP contribution in [0.4, 0.5) is 5.82 Å². The summed E-state index contributed by atoms with van der Waals surface area (Å²) in [5.41, 5.74) is 3.07. The Morgan fingerprint density at radius 3 is 2.34 bits per heavy atom. The monoisotopic (exact) mass is 443 g/mol. The van der Waals surface area contributed by atoms with E-state index in [-0.39, 0.29) is 15.6 Å². The smallest absolute Gasteiger partial charge is 0.229 e. The fourth-order valence-electron chi connectivity index (χ4n) is 3.65. The SMILES string of the molecule is CCc1ccc(S(=O)(=O)c2nnn3c2nc(NCc2ccccc2)c2ccccc23)cc1. The average molecular weight is 444 g/mol. The third-order valence-electron chi connectivity index (χ3n) is 5.42. The van der Waals surface area contributed by atoms with E-state index >= 15 is 0 Å². The molecule has 0 saturated carbocycles. The molecule has 0 amide bonds. The Morgan fingerprint density at radius 1 is 0.875 bits per heavy atom. The topological polar surface area (TPSA) is 89.2 Å². The third kappa shape index (κ3) is 3.48. The van der Waals surface area contributed by atoms with E-state index in [1.807, 2.05) is 73.7 Å². The summed E-state index contributed by atoms with van der Waals surface area (Å²) < 4.78 is 28.2. The van der Waals surface area contributed by atoms with Gasteiger partial charge in [-0.2, -0.15) is 4.52 Å². The van der Waals surface area contributed by atoms with Crippen molar-refractivity contribution in [2.24, 2.45) is 0 Å². The van der Waals surface area contributed by atoms with Crippen LogP contribution in [0, 0.1) is 0 Å². The zero-order chi connectivity index (χ0) is 22.1. The van der Waals surface area contributed by atoms with Crippen molar-refractivity contribution in [2.45, 2.75) is 29.8 Å². The van der Waals surface area contributed by atoms with Gasteiger partial charge in [0, 0.05) is 11.9 Å². The van der Waals surface area contributed by atoms with E-state index < -0.39 is 9.84 Å². The minimum atomic E-state index is -3.88. The van der Waals surface area contributed by atoms with Gasteiger partial charge in [-0.05, 0) is 41.8 Å². The van der Waals surface area contributed by atoms with E-state index in [1.165, 1.54) is 4.52 Å². The molecule has 32 heavy (non-hydrogen) atoms. The molecule has 0 aliphatic carbocycles. The van der Waals surface area contributed by atoms with Crippen molar-refractivity contribution < 1.29 is 8.42 Å². The van der Waals surface area contributed by atoms with Crippen LogP contribution >= 0.6 is 0 Å². The van der Waals surface area contributed by atoms with E-state index in [1.54, 1.807) is 12.1 Å². The van der Waals surface area contributed by atoms with Crippen LogP contribution in [0.5, 0.6) is 0 Å². The Morgan fingerprint density at radius 2 is 1.59 bits per heavy atom. The second kappa shape index (κ2) is 8.05. The van der Waals surface area contributed by atoms with E-state index in [4.69, 9.17) is 0 Å². The number of anilines is 1. The molecule has 2 heterocycles. The van der Waals surface area contributed by atoms with Crippen molar-refractivity contribution in [3.05, 3.63) is 90.0 Å². The molecule has 5 rings (SSSR count). The lowest BCUT2D eigenvalue weighted by atomic mass is 10.2. The molecule has 0 fully saturated rings. The second-order valence-corrected chi connectivity index (χ2v) is 9.31. The minimum absolute atomic E-state index is 0.157. The molecule has 160 valence electrons. The van der Waals surface area contributed by atoms with Crippen molar-refractivity contribution in [3.8, 4) is 0 Å². The second-order valence-electron chi connectivity index (χ2n) is 7.45. The van der Waals surface area contributed by atoms with Crippen molar-refractivity contribution >= 4 is 32.2 Å². The normalized spacial score (nSPS) is 11.8. The fraction of sp³-hybridized carbons (Fsp3) is 0.125. The van der Waals surface area contributed by atoms with Gasteiger partial charge < -0.3 is 5.32 Å². The van der Waals surface area contributed by atoms with E-state index in [0.29, 0.717) is 12.4 Å². The van der Waals surface area contributed by atoms with Crippen LogP contribution in [0.3, 0.4) is 0 Å². The van der Waals surface area contributed by atoms with Crippen LogP contribution in [-0.4, -0.2) is 28.2 Å². The molecular formula is C24H21N5O2S. The number of nitrogens with one attached hydrogen (secondary N) is 1. The number of aryl methyl sites for hydroxylation is 1. The molecule has 3 aromatic carbocycles. The summed E-state index contributed by atoms with van der Waals surface area (Å²) in [5.74, 6) is 0.581. The van der Waals surface area contributed by atoms with Crippen LogP contribution in [0.2, 0.25) is 0 Å². The molecule has 0 aliphatic rings. The summed E-state index contributed by atoms with van der Waals surface area (Å²) in [5, 5.41) is 12.2. The number of para-hydroxylation sites is 1. The lowest BCUT2D eigenvalue weighted by Crippen LogP contribution is -2.07. The Kier molecular flexibility index (Phi) is 5.07. The molecule has 1 N–H and O–H groups in total. The fourth-order valence-corrected chi connectivity index (χ4v) is 4.89. The summed E-state index contributed by atoms with van der Waals surface area (Å²) in [6.45, 7) is 2.57. The molecule has 7 nitrogen and oxygen atoms in total. The number of rotatable bonds is 6. The first-order valence-corrected chi connectivity index (χ1v) is 11.8. The summed E-state index contributed by atoms with van der Waals surface area (Å²) in [6, 6.07) is 24.4. The molecule has 0 bridgehead atoms. The number of hydrogen-bond donors (Lipinski definition) is 1. The van der Waals surface area contributed by atoms with E-state index in [9.17, 15) is 8.42 Å². The maximum absolute atomic E-state index is 13.4. The minimum Gasteiger partial charge on any atom is -0.365 e. The number of sulfone groups is 1. The molecule has 0 aliphatic heterocycles. The first kappa shape index (κ1) is 20.1. The number of hydrogen-bond acceptors (Lipinski definition) is 6. The zero-order valence-electron chi connectivity index (χ0n) is 17.4. The van der Waals surface area contributed by atoms with E-state index in [2.05, 4.69) is 20.6 Å². The Hall–Kier alpha value is -3.78. The van der Waals surface area contributed by atoms with E-state index in [0.717, 1.165) is 28.5 Å². The van der Waals surface area contributed by atoms with Crippen molar-refractivity contribution in [3.63, 3.8) is 0 Å². The highest BCUT2D eigenvalue weighted by Crippen LogP contribution is 2.28. The quantitative estimate of drug-likeness (QED) is 0.421. The van der Waals surface area contributed by atoms with Gasteiger partial charge in [-0.25, -0.2) is 13.4 Å². The molecule has 0 unspecified atom stereocenters. The summed E-state index contributed by atoms with van der Waals surface area (Å²) in [7, 11) is -3.88. The molecule has 2 aromatic heterocycles. The van der Waals surface area contributed by atoms with Crippen LogP contribution in [0.25, 0.3) is 16.6 Å². The largest absolute Gasteiger partial charge is 0.365 e. The molecule has 0 atom stereocenters. The summed E-state index contributed by atoms with van der Waals surface area (Å²) in [6.07, 6.45) is 0.833. The number of fused-ring (bicyclic) bond motifs is 3.